The second kappa shape index (κ2) is 8.61. The van der Waals surface area contributed by atoms with Crippen LogP contribution in [-0.2, 0) is 6.54 Å². The maximum Gasteiger partial charge on any atom is 0.289 e. The van der Waals surface area contributed by atoms with Crippen LogP contribution in [-0.4, -0.2) is 51.9 Å². The molecule has 1 fully saturated rings. The fraction of sp³-hybridized carbons (Fsp3) is 0.208. The van der Waals surface area contributed by atoms with E-state index < -0.39 is 0 Å². The molecule has 1 amide bonds. The number of hydrogen-bond acceptors (Lipinski definition) is 6. The van der Waals surface area contributed by atoms with Crippen molar-refractivity contribution in [1.82, 2.24) is 19.8 Å². The van der Waals surface area contributed by atoms with Gasteiger partial charge in [-0.25, -0.2) is 9.97 Å². The van der Waals surface area contributed by atoms with Crippen LogP contribution in [0.25, 0.3) is 22.2 Å². The summed E-state index contributed by atoms with van der Waals surface area (Å²) in [4.78, 5) is 26.0. The molecule has 0 bridgehead atoms. The van der Waals surface area contributed by atoms with Gasteiger partial charge in [-0.3, -0.25) is 9.69 Å². The molecular weight excluding hydrogens is 426 g/mol. The van der Waals surface area contributed by atoms with E-state index in [1.807, 2.05) is 42.5 Å². The number of anilines is 1. The molecule has 0 atom stereocenters. The number of carbonyl (C=O) groups excluding carboxylic acids is 1. The van der Waals surface area contributed by atoms with Crippen LogP contribution in [0.4, 0.5) is 5.82 Å². The van der Waals surface area contributed by atoms with E-state index in [0.29, 0.717) is 47.8 Å². The van der Waals surface area contributed by atoms with Gasteiger partial charge in [-0.15, -0.1) is 0 Å². The van der Waals surface area contributed by atoms with Gasteiger partial charge in [0.1, 0.15) is 17.4 Å². The van der Waals surface area contributed by atoms with Crippen molar-refractivity contribution in [2.24, 2.45) is 0 Å². The number of furan rings is 1. The number of hydrogen-bond donors (Lipinski definition) is 1. The minimum absolute atomic E-state index is 0.117. The topological polar surface area (TPSA) is 88.5 Å². The largest absolute Gasteiger partial charge is 0.451 e. The Morgan fingerprint density at radius 1 is 0.969 bits per heavy atom. The number of amides is 1. The number of carbonyl (C=O) groups is 1. The summed E-state index contributed by atoms with van der Waals surface area (Å²) in [6, 6.07) is 18.6. The molecule has 0 aliphatic carbocycles. The molecule has 32 heavy (non-hydrogen) atoms. The van der Waals surface area contributed by atoms with Crippen molar-refractivity contribution in [3.63, 3.8) is 0 Å². The highest BCUT2D eigenvalue weighted by molar-refractivity contribution is 6.33. The van der Waals surface area contributed by atoms with Crippen molar-refractivity contribution in [3.05, 3.63) is 77.3 Å². The second-order valence-electron chi connectivity index (χ2n) is 7.75. The van der Waals surface area contributed by atoms with E-state index in [1.165, 1.54) is 0 Å². The maximum absolute atomic E-state index is 12.9. The summed E-state index contributed by atoms with van der Waals surface area (Å²) >= 11 is 6.24. The standard InChI is InChI=1S/C24H22ClN5O2/c25-18-7-3-1-5-16(18)20-9-10-21(32-20)24(31)30-13-11-29(12-14-30)15-22-27-19-8-4-2-6-17(19)23(26)28-22/h1-10H,11-15H2,(H2,26,27,28). The fourth-order valence-electron chi connectivity index (χ4n) is 3.95. The van der Waals surface area contributed by atoms with E-state index in [-0.39, 0.29) is 5.91 Å². The van der Waals surface area contributed by atoms with Gasteiger partial charge in [0, 0.05) is 37.1 Å². The molecule has 4 aromatic rings. The third kappa shape index (κ3) is 4.04. The normalized spacial score (nSPS) is 14.7. The lowest BCUT2D eigenvalue weighted by atomic mass is 10.2. The van der Waals surface area contributed by atoms with Gasteiger partial charge in [-0.1, -0.05) is 35.9 Å². The highest BCUT2D eigenvalue weighted by Gasteiger charge is 2.25. The molecule has 2 aromatic carbocycles. The molecule has 8 heteroatoms. The minimum atomic E-state index is -0.117. The predicted octanol–water partition coefficient (Wildman–Crippen LogP) is 4.08. The van der Waals surface area contributed by atoms with Gasteiger partial charge in [0.25, 0.3) is 5.91 Å². The number of para-hydroxylation sites is 1. The predicted molar refractivity (Wildman–Crippen MR) is 124 cm³/mol. The molecule has 1 aliphatic rings. The summed E-state index contributed by atoms with van der Waals surface area (Å²) in [6.45, 7) is 3.24. The van der Waals surface area contributed by atoms with Gasteiger partial charge in [-0.2, -0.15) is 0 Å². The molecule has 162 valence electrons. The second-order valence-corrected chi connectivity index (χ2v) is 8.16. The highest BCUT2D eigenvalue weighted by atomic mass is 35.5. The van der Waals surface area contributed by atoms with E-state index in [0.717, 1.165) is 29.6 Å². The zero-order valence-corrected chi connectivity index (χ0v) is 18.1. The molecule has 1 saturated heterocycles. The summed E-state index contributed by atoms with van der Waals surface area (Å²) in [5, 5.41) is 1.45. The highest BCUT2D eigenvalue weighted by Crippen LogP contribution is 2.29. The molecule has 2 N–H and O–H groups in total. The molecule has 3 heterocycles. The molecule has 2 aromatic heterocycles. The zero-order chi connectivity index (χ0) is 22.1. The number of rotatable bonds is 4. The molecule has 5 rings (SSSR count). The molecular formula is C24H22ClN5O2. The number of nitrogens with zero attached hydrogens (tertiary/aromatic N) is 4. The van der Waals surface area contributed by atoms with Crippen LogP contribution in [0.2, 0.25) is 5.02 Å². The Balaban J connectivity index is 1.22. The van der Waals surface area contributed by atoms with E-state index in [4.69, 9.17) is 21.8 Å². The molecule has 0 saturated carbocycles. The van der Waals surface area contributed by atoms with Crippen molar-refractivity contribution < 1.29 is 9.21 Å². The Bertz CT molecular complexity index is 1280. The first-order valence-corrected chi connectivity index (χ1v) is 10.8. The molecule has 0 radical (unpaired) electrons. The molecule has 1 aliphatic heterocycles. The molecule has 0 unspecified atom stereocenters. The van der Waals surface area contributed by atoms with Crippen molar-refractivity contribution in [2.45, 2.75) is 6.54 Å². The SMILES string of the molecule is Nc1nc(CN2CCN(C(=O)c3ccc(-c4ccccc4Cl)o3)CC2)nc2ccccc12. The average Bonchev–Trinajstić information content (AvgIpc) is 3.29. The quantitative estimate of drug-likeness (QED) is 0.507. The van der Waals surface area contributed by atoms with Crippen molar-refractivity contribution in [1.29, 1.82) is 0 Å². The van der Waals surface area contributed by atoms with Crippen LogP contribution in [0.3, 0.4) is 0 Å². The lowest BCUT2D eigenvalue weighted by Crippen LogP contribution is -2.48. The van der Waals surface area contributed by atoms with Gasteiger partial charge in [0.15, 0.2) is 5.76 Å². The fourth-order valence-corrected chi connectivity index (χ4v) is 4.17. The van der Waals surface area contributed by atoms with Crippen LogP contribution in [0, 0.1) is 0 Å². The Labute approximate surface area is 190 Å². The van der Waals surface area contributed by atoms with Crippen LogP contribution in [0.15, 0.2) is 65.1 Å². The van der Waals surface area contributed by atoms with Gasteiger partial charge in [0.05, 0.1) is 17.1 Å². The van der Waals surface area contributed by atoms with Crippen molar-refractivity contribution in [2.75, 3.05) is 31.9 Å². The van der Waals surface area contributed by atoms with E-state index in [1.54, 1.807) is 23.1 Å². The summed E-state index contributed by atoms with van der Waals surface area (Å²) in [7, 11) is 0. The van der Waals surface area contributed by atoms with E-state index >= 15 is 0 Å². The first-order valence-electron chi connectivity index (χ1n) is 10.5. The molecule has 7 nitrogen and oxygen atoms in total. The summed E-state index contributed by atoms with van der Waals surface area (Å²) < 4.78 is 5.82. The Morgan fingerprint density at radius 2 is 1.72 bits per heavy atom. The average molecular weight is 448 g/mol. The van der Waals surface area contributed by atoms with Crippen molar-refractivity contribution >= 4 is 34.2 Å². The Kier molecular flexibility index (Phi) is 5.51. The lowest BCUT2D eigenvalue weighted by Gasteiger charge is -2.33. The number of benzene rings is 2. The van der Waals surface area contributed by atoms with Crippen LogP contribution < -0.4 is 5.73 Å². The van der Waals surface area contributed by atoms with Crippen molar-refractivity contribution in [3.8, 4) is 11.3 Å². The number of nitrogen functional groups attached to an aromatic ring is 1. The van der Waals surface area contributed by atoms with Gasteiger partial charge in [0.2, 0.25) is 0 Å². The summed E-state index contributed by atoms with van der Waals surface area (Å²) in [5.41, 5.74) is 7.71. The number of piperazine rings is 1. The first-order chi connectivity index (χ1) is 15.6. The number of halogens is 1. The van der Waals surface area contributed by atoms with Gasteiger partial charge in [-0.05, 0) is 36.4 Å². The summed E-state index contributed by atoms with van der Waals surface area (Å²) in [6.07, 6.45) is 0. The van der Waals surface area contributed by atoms with Gasteiger partial charge >= 0.3 is 0 Å². The Hall–Kier alpha value is -3.42. The lowest BCUT2D eigenvalue weighted by molar-refractivity contribution is 0.0596. The van der Waals surface area contributed by atoms with E-state index in [2.05, 4.69) is 14.9 Å². The smallest absolute Gasteiger partial charge is 0.289 e. The van der Waals surface area contributed by atoms with Crippen LogP contribution in [0.1, 0.15) is 16.4 Å². The Morgan fingerprint density at radius 3 is 2.53 bits per heavy atom. The maximum atomic E-state index is 12.9. The first kappa shape index (κ1) is 20.5. The summed E-state index contributed by atoms with van der Waals surface area (Å²) in [5.74, 6) is 1.97. The van der Waals surface area contributed by atoms with Crippen LogP contribution in [0.5, 0.6) is 0 Å². The number of nitrogens with two attached hydrogens (primary N) is 1. The monoisotopic (exact) mass is 447 g/mol. The third-order valence-corrected chi connectivity index (χ3v) is 5.99. The number of fused-ring (bicyclic) bond motifs is 1. The molecule has 0 spiro atoms. The minimum Gasteiger partial charge on any atom is -0.451 e. The zero-order valence-electron chi connectivity index (χ0n) is 17.4. The van der Waals surface area contributed by atoms with Crippen LogP contribution >= 0.6 is 11.6 Å². The third-order valence-electron chi connectivity index (χ3n) is 5.66. The van der Waals surface area contributed by atoms with Gasteiger partial charge < -0.3 is 15.1 Å². The van der Waals surface area contributed by atoms with E-state index in [9.17, 15) is 4.79 Å². The number of aromatic nitrogens is 2.